The van der Waals surface area contributed by atoms with Gasteiger partial charge < -0.3 is 24.4 Å². The first kappa shape index (κ1) is 23.2. The van der Waals surface area contributed by atoms with E-state index in [1.807, 2.05) is 62.6 Å². The van der Waals surface area contributed by atoms with Gasteiger partial charge in [-0.3, -0.25) is 4.79 Å². The Labute approximate surface area is 189 Å². The average molecular weight is 435 g/mol. The van der Waals surface area contributed by atoms with Gasteiger partial charge in [0.25, 0.3) is 5.91 Å². The SMILES string of the molecule is COc1cc(C(=O)NCC(c2ccccc2)N(C)C)cc(OC)c1OCc1ccccc1. The molecule has 32 heavy (non-hydrogen) atoms. The normalized spacial score (nSPS) is 11.7. The molecule has 0 radical (unpaired) electrons. The van der Waals surface area contributed by atoms with Crippen molar-refractivity contribution in [2.24, 2.45) is 0 Å². The van der Waals surface area contributed by atoms with Gasteiger partial charge in [-0.1, -0.05) is 60.7 Å². The zero-order chi connectivity index (χ0) is 22.9. The van der Waals surface area contributed by atoms with E-state index in [2.05, 4.69) is 22.3 Å². The predicted octanol–water partition coefficient (Wildman–Crippen LogP) is 4.32. The van der Waals surface area contributed by atoms with Crippen molar-refractivity contribution in [3.63, 3.8) is 0 Å². The van der Waals surface area contributed by atoms with Crippen LogP contribution in [0.3, 0.4) is 0 Å². The molecule has 0 bridgehead atoms. The van der Waals surface area contributed by atoms with Crippen LogP contribution in [-0.4, -0.2) is 45.7 Å². The molecule has 1 unspecified atom stereocenters. The van der Waals surface area contributed by atoms with Gasteiger partial charge in [-0.2, -0.15) is 0 Å². The summed E-state index contributed by atoms with van der Waals surface area (Å²) in [5.74, 6) is 1.14. The summed E-state index contributed by atoms with van der Waals surface area (Å²) in [6.45, 7) is 0.827. The number of methoxy groups -OCH3 is 2. The van der Waals surface area contributed by atoms with Gasteiger partial charge in [-0.25, -0.2) is 0 Å². The first-order valence-electron chi connectivity index (χ1n) is 10.5. The minimum atomic E-state index is -0.209. The van der Waals surface area contributed by atoms with E-state index < -0.39 is 0 Å². The average Bonchev–Trinajstić information content (AvgIpc) is 2.83. The van der Waals surface area contributed by atoms with Gasteiger partial charge >= 0.3 is 0 Å². The van der Waals surface area contributed by atoms with Gasteiger partial charge in [0, 0.05) is 12.1 Å². The summed E-state index contributed by atoms with van der Waals surface area (Å²) < 4.78 is 17.0. The van der Waals surface area contributed by atoms with Gasteiger partial charge in [0.15, 0.2) is 11.5 Å². The first-order chi connectivity index (χ1) is 15.5. The molecule has 6 heteroatoms. The number of nitrogens with one attached hydrogen (secondary N) is 1. The predicted molar refractivity (Wildman–Crippen MR) is 126 cm³/mol. The van der Waals surface area contributed by atoms with E-state index in [0.717, 1.165) is 11.1 Å². The minimum Gasteiger partial charge on any atom is -0.493 e. The van der Waals surface area contributed by atoms with E-state index in [1.54, 1.807) is 26.4 Å². The summed E-state index contributed by atoms with van der Waals surface area (Å²) in [6.07, 6.45) is 0. The Morgan fingerprint density at radius 3 is 2.00 bits per heavy atom. The van der Waals surface area contributed by atoms with Gasteiger partial charge in [0.2, 0.25) is 5.75 Å². The number of amides is 1. The van der Waals surface area contributed by atoms with Crippen molar-refractivity contribution in [2.45, 2.75) is 12.6 Å². The lowest BCUT2D eigenvalue weighted by molar-refractivity contribution is 0.0941. The van der Waals surface area contributed by atoms with Crippen LogP contribution in [0.25, 0.3) is 0 Å². The third-order valence-electron chi connectivity index (χ3n) is 5.21. The molecule has 0 aliphatic heterocycles. The van der Waals surface area contributed by atoms with Crippen molar-refractivity contribution in [3.8, 4) is 17.2 Å². The second-order valence-corrected chi connectivity index (χ2v) is 7.58. The van der Waals surface area contributed by atoms with Crippen molar-refractivity contribution >= 4 is 5.91 Å². The molecule has 3 aromatic rings. The first-order valence-corrected chi connectivity index (χ1v) is 10.5. The Morgan fingerprint density at radius 1 is 0.906 bits per heavy atom. The Balaban J connectivity index is 1.76. The van der Waals surface area contributed by atoms with Gasteiger partial charge in [0.05, 0.1) is 20.3 Å². The molecule has 3 rings (SSSR count). The standard InChI is InChI=1S/C26H30N2O4/c1-28(2)22(20-13-9-6-10-14-20)17-27-26(29)21-15-23(30-3)25(24(16-21)31-4)32-18-19-11-7-5-8-12-19/h5-16,22H,17-18H2,1-4H3,(H,27,29). The zero-order valence-electron chi connectivity index (χ0n) is 19.0. The van der Waals surface area contributed by atoms with Crippen LogP contribution in [-0.2, 0) is 6.61 Å². The number of likely N-dealkylation sites (N-methyl/N-ethyl adjacent to an activating group) is 1. The molecule has 3 aromatic carbocycles. The molecular weight excluding hydrogens is 404 g/mol. The van der Waals surface area contributed by atoms with Crippen LogP contribution in [0, 0.1) is 0 Å². The molecule has 0 saturated carbocycles. The lowest BCUT2D eigenvalue weighted by atomic mass is 10.1. The maximum atomic E-state index is 12.9. The molecule has 0 aliphatic rings. The molecular formula is C26H30N2O4. The molecule has 6 nitrogen and oxygen atoms in total. The highest BCUT2D eigenvalue weighted by Gasteiger charge is 2.20. The number of benzene rings is 3. The van der Waals surface area contributed by atoms with Crippen LogP contribution in [0.5, 0.6) is 17.2 Å². The minimum absolute atomic E-state index is 0.0532. The maximum absolute atomic E-state index is 12.9. The summed E-state index contributed by atoms with van der Waals surface area (Å²) in [6, 6.07) is 23.3. The maximum Gasteiger partial charge on any atom is 0.251 e. The lowest BCUT2D eigenvalue weighted by Gasteiger charge is -2.25. The largest absolute Gasteiger partial charge is 0.493 e. The van der Waals surface area contributed by atoms with E-state index in [-0.39, 0.29) is 11.9 Å². The van der Waals surface area contributed by atoms with Crippen molar-refractivity contribution in [1.29, 1.82) is 0 Å². The van der Waals surface area contributed by atoms with E-state index in [4.69, 9.17) is 14.2 Å². The zero-order valence-corrected chi connectivity index (χ0v) is 19.0. The van der Waals surface area contributed by atoms with Crippen LogP contribution in [0.15, 0.2) is 72.8 Å². The van der Waals surface area contributed by atoms with E-state index in [1.165, 1.54) is 0 Å². The monoisotopic (exact) mass is 434 g/mol. The molecule has 0 saturated heterocycles. The number of carbonyl (C=O) groups excluding carboxylic acids is 1. The van der Waals surface area contributed by atoms with Crippen LogP contribution in [0.1, 0.15) is 27.5 Å². The second-order valence-electron chi connectivity index (χ2n) is 7.58. The number of hydrogen-bond donors (Lipinski definition) is 1. The smallest absolute Gasteiger partial charge is 0.251 e. The molecule has 1 N–H and O–H groups in total. The van der Waals surface area contributed by atoms with Crippen molar-refractivity contribution < 1.29 is 19.0 Å². The van der Waals surface area contributed by atoms with Crippen LogP contribution in [0.2, 0.25) is 0 Å². The summed E-state index contributed by atoms with van der Waals surface area (Å²) in [4.78, 5) is 15.0. The van der Waals surface area contributed by atoms with Crippen LogP contribution in [0.4, 0.5) is 0 Å². The quantitative estimate of drug-likeness (QED) is 0.515. The number of rotatable bonds is 10. The topological polar surface area (TPSA) is 60.0 Å². The van der Waals surface area contributed by atoms with E-state index >= 15 is 0 Å². The van der Waals surface area contributed by atoms with E-state index in [9.17, 15) is 4.79 Å². The summed E-state index contributed by atoms with van der Waals surface area (Å²) in [5, 5.41) is 3.03. The lowest BCUT2D eigenvalue weighted by Crippen LogP contribution is -2.34. The van der Waals surface area contributed by atoms with Crippen LogP contribution >= 0.6 is 0 Å². The van der Waals surface area contributed by atoms with Gasteiger partial charge in [0.1, 0.15) is 6.61 Å². The van der Waals surface area contributed by atoms with Gasteiger partial charge in [-0.05, 0) is 37.4 Å². The number of hydrogen-bond acceptors (Lipinski definition) is 5. The Morgan fingerprint density at radius 2 is 1.47 bits per heavy atom. The number of ether oxygens (including phenoxy) is 3. The molecule has 1 amide bonds. The van der Waals surface area contributed by atoms with Crippen molar-refractivity contribution in [3.05, 3.63) is 89.5 Å². The summed E-state index contributed by atoms with van der Waals surface area (Å²) in [5.41, 5.74) is 2.60. The fourth-order valence-corrected chi connectivity index (χ4v) is 3.45. The Kier molecular flexibility index (Phi) is 8.11. The highest BCUT2D eigenvalue weighted by molar-refractivity contribution is 5.95. The molecule has 0 heterocycles. The molecule has 0 fully saturated rings. The van der Waals surface area contributed by atoms with E-state index in [0.29, 0.717) is 36.0 Å². The third kappa shape index (κ3) is 5.80. The van der Waals surface area contributed by atoms with Crippen LogP contribution < -0.4 is 19.5 Å². The molecule has 0 aromatic heterocycles. The Hall–Kier alpha value is -3.51. The van der Waals surface area contributed by atoms with Crippen molar-refractivity contribution in [2.75, 3.05) is 34.9 Å². The second kappa shape index (κ2) is 11.2. The molecule has 1 atom stereocenters. The van der Waals surface area contributed by atoms with Gasteiger partial charge in [-0.15, -0.1) is 0 Å². The number of carbonyl (C=O) groups is 1. The fourth-order valence-electron chi connectivity index (χ4n) is 3.45. The highest BCUT2D eigenvalue weighted by atomic mass is 16.5. The molecule has 0 spiro atoms. The third-order valence-corrected chi connectivity index (χ3v) is 5.21. The number of nitrogens with zero attached hydrogens (tertiary/aromatic N) is 1. The molecule has 0 aliphatic carbocycles. The van der Waals surface area contributed by atoms with Crippen molar-refractivity contribution in [1.82, 2.24) is 10.2 Å². The molecule has 168 valence electrons. The Bertz CT molecular complexity index is 982. The summed E-state index contributed by atoms with van der Waals surface area (Å²) in [7, 11) is 7.08. The highest BCUT2D eigenvalue weighted by Crippen LogP contribution is 2.39. The fraction of sp³-hybridized carbons (Fsp3) is 0.269. The summed E-state index contributed by atoms with van der Waals surface area (Å²) >= 11 is 0.